The molecule has 7 nitrogen and oxygen atoms in total. The first kappa shape index (κ1) is 20.1. The summed E-state index contributed by atoms with van der Waals surface area (Å²) in [5.41, 5.74) is 2.37. The maximum absolute atomic E-state index is 13.3. The molecule has 0 aliphatic heterocycles. The summed E-state index contributed by atoms with van der Waals surface area (Å²) in [4.78, 5) is 16.8. The highest BCUT2D eigenvalue weighted by Gasteiger charge is 2.15. The van der Waals surface area contributed by atoms with Gasteiger partial charge < -0.3 is 14.8 Å². The molecule has 4 rings (SSSR count). The smallest absolute Gasteiger partial charge is 0.336 e. The van der Waals surface area contributed by atoms with Crippen LogP contribution in [0.1, 0.15) is 10.4 Å². The van der Waals surface area contributed by atoms with Crippen LogP contribution in [0.4, 0.5) is 10.1 Å². The number of hydrogen-bond acceptors (Lipinski definition) is 5. The Morgan fingerprint density at radius 2 is 1.71 bits per heavy atom. The lowest BCUT2D eigenvalue weighted by Crippen LogP contribution is -2.12. The highest BCUT2D eigenvalue weighted by Crippen LogP contribution is 2.26. The minimum atomic E-state index is -0.464. The SMILES string of the molecule is COc1ccc(-c2nc(OC)nn2-c2ccc(NC(=O)c3cccc(F)c3)cc2)cc1. The number of nitrogens with zero attached hydrogens (tertiary/aromatic N) is 3. The van der Waals surface area contributed by atoms with Crippen molar-refractivity contribution in [3.63, 3.8) is 0 Å². The number of carbonyl (C=O) groups excluding carboxylic acids is 1. The van der Waals surface area contributed by atoms with Crippen LogP contribution in [0.2, 0.25) is 0 Å². The zero-order valence-electron chi connectivity index (χ0n) is 16.9. The Morgan fingerprint density at radius 1 is 0.968 bits per heavy atom. The third-order valence-electron chi connectivity index (χ3n) is 4.58. The molecule has 31 heavy (non-hydrogen) atoms. The van der Waals surface area contributed by atoms with E-state index in [0.29, 0.717) is 11.5 Å². The van der Waals surface area contributed by atoms with Gasteiger partial charge in [-0.3, -0.25) is 4.79 Å². The minimum absolute atomic E-state index is 0.231. The molecule has 0 aliphatic rings. The van der Waals surface area contributed by atoms with E-state index in [2.05, 4.69) is 15.4 Å². The average molecular weight is 418 g/mol. The first-order valence-electron chi connectivity index (χ1n) is 9.40. The number of benzene rings is 3. The van der Waals surface area contributed by atoms with Crippen molar-refractivity contribution in [2.45, 2.75) is 0 Å². The standard InChI is InChI=1S/C23H19FN4O3/c1-30-20-12-6-15(7-13-20)21-26-23(31-2)27-28(21)19-10-8-18(9-11-19)25-22(29)16-4-3-5-17(24)14-16/h3-14H,1-2H3,(H,25,29). The van der Waals surface area contributed by atoms with Crippen molar-refractivity contribution >= 4 is 11.6 Å². The fourth-order valence-electron chi connectivity index (χ4n) is 3.01. The summed E-state index contributed by atoms with van der Waals surface area (Å²) in [5, 5.41) is 7.14. The highest BCUT2D eigenvalue weighted by molar-refractivity contribution is 6.04. The Kier molecular flexibility index (Phi) is 5.61. The fraction of sp³-hybridized carbons (Fsp3) is 0.0870. The molecule has 1 heterocycles. The molecule has 4 aromatic rings. The van der Waals surface area contributed by atoms with E-state index in [1.165, 1.54) is 25.3 Å². The molecule has 3 aromatic carbocycles. The minimum Gasteiger partial charge on any atom is -0.497 e. The van der Waals surface area contributed by atoms with Gasteiger partial charge in [-0.2, -0.15) is 4.98 Å². The number of rotatable bonds is 6. The van der Waals surface area contributed by atoms with E-state index in [1.54, 1.807) is 42.1 Å². The summed E-state index contributed by atoms with van der Waals surface area (Å²) in [6, 6.07) is 20.2. The first-order valence-corrected chi connectivity index (χ1v) is 9.40. The molecule has 1 aromatic heterocycles. The van der Waals surface area contributed by atoms with Gasteiger partial charge in [-0.15, -0.1) is 5.10 Å². The van der Waals surface area contributed by atoms with Crippen molar-refractivity contribution in [1.82, 2.24) is 14.8 Å². The number of nitrogens with one attached hydrogen (secondary N) is 1. The monoisotopic (exact) mass is 418 g/mol. The average Bonchev–Trinajstić information content (AvgIpc) is 3.24. The number of anilines is 1. The highest BCUT2D eigenvalue weighted by atomic mass is 19.1. The molecule has 1 amide bonds. The molecule has 1 N–H and O–H groups in total. The third-order valence-corrected chi connectivity index (χ3v) is 4.58. The van der Waals surface area contributed by atoms with Gasteiger partial charge in [-0.1, -0.05) is 6.07 Å². The van der Waals surface area contributed by atoms with Crippen molar-refractivity contribution in [2.75, 3.05) is 19.5 Å². The second-order valence-corrected chi connectivity index (χ2v) is 6.57. The van der Waals surface area contributed by atoms with Crippen LogP contribution in [0.25, 0.3) is 17.1 Å². The second kappa shape index (κ2) is 8.66. The lowest BCUT2D eigenvalue weighted by molar-refractivity contribution is 0.102. The van der Waals surface area contributed by atoms with Gasteiger partial charge in [0.15, 0.2) is 5.82 Å². The summed E-state index contributed by atoms with van der Waals surface area (Å²) >= 11 is 0. The van der Waals surface area contributed by atoms with Crippen molar-refractivity contribution < 1.29 is 18.7 Å². The summed E-state index contributed by atoms with van der Waals surface area (Å²) in [7, 11) is 3.11. The fourth-order valence-corrected chi connectivity index (χ4v) is 3.01. The van der Waals surface area contributed by atoms with E-state index in [1.807, 2.05) is 24.3 Å². The molecule has 0 fully saturated rings. The summed E-state index contributed by atoms with van der Waals surface area (Å²) in [5.74, 6) is 0.471. The van der Waals surface area contributed by atoms with E-state index in [0.717, 1.165) is 17.0 Å². The van der Waals surface area contributed by atoms with E-state index in [9.17, 15) is 9.18 Å². The topological polar surface area (TPSA) is 78.3 Å². The summed E-state index contributed by atoms with van der Waals surface area (Å²) in [6.07, 6.45) is 0. The van der Waals surface area contributed by atoms with Crippen molar-refractivity contribution in [1.29, 1.82) is 0 Å². The predicted octanol–water partition coefficient (Wildman–Crippen LogP) is 4.34. The number of hydrogen-bond donors (Lipinski definition) is 1. The number of aromatic nitrogens is 3. The molecule has 156 valence electrons. The first-order chi connectivity index (χ1) is 15.1. The second-order valence-electron chi connectivity index (χ2n) is 6.57. The Hall–Kier alpha value is -4.20. The largest absolute Gasteiger partial charge is 0.497 e. The molecular weight excluding hydrogens is 399 g/mol. The van der Waals surface area contributed by atoms with Crippen molar-refractivity contribution in [2.24, 2.45) is 0 Å². The molecule has 0 spiro atoms. The molecular formula is C23H19FN4O3. The van der Waals surface area contributed by atoms with Gasteiger partial charge in [0, 0.05) is 16.8 Å². The normalized spacial score (nSPS) is 10.5. The summed E-state index contributed by atoms with van der Waals surface area (Å²) < 4.78 is 25.4. The van der Waals surface area contributed by atoms with Gasteiger partial charge in [-0.05, 0) is 66.7 Å². The molecule has 0 radical (unpaired) electrons. The van der Waals surface area contributed by atoms with Gasteiger partial charge in [0.05, 0.1) is 19.9 Å². The lowest BCUT2D eigenvalue weighted by Gasteiger charge is -2.09. The molecule has 0 aliphatic carbocycles. The molecule has 0 unspecified atom stereocenters. The van der Waals surface area contributed by atoms with Gasteiger partial charge >= 0.3 is 6.01 Å². The zero-order valence-corrected chi connectivity index (χ0v) is 16.9. The third kappa shape index (κ3) is 4.37. The molecule has 0 bridgehead atoms. The predicted molar refractivity (Wildman–Crippen MR) is 114 cm³/mol. The molecule has 0 atom stereocenters. The van der Waals surface area contributed by atoms with Crippen molar-refractivity contribution in [3.8, 4) is 28.8 Å². The van der Waals surface area contributed by atoms with E-state index in [4.69, 9.17) is 9.47 Å². The van der Waals surface area contributed by atoms with E-state index in [-0.39, 0.29) is 11.6 Å². The van der Waals surface area contributed by atoms with Crippen LogP contribution in [0.5, 0.6) is 11.8 Å². The van der Waals surface area contributed by atoms with Crippen LogP contribution >= 0.6 is 0 Å². The lowest BCUT2D eigenvalue weighted by atomic mass is 10.2. The maximum atomic E-state index is 13.3. The van der Waals surface area contributed by atoms with E-state index < -0.39 is 11.7 Å². The summed E-state index contributed by atoms with van der Waals surface area (Å²) in [6.45, 7) is 0. The Morgan fingerprint density at radius 3 is 2.35 bits per heavy atom. The van der Waals surface area contributed by atoms with E-state index >= 15 is 0 Å². The Bertz CT molecular complexity index is 1200. The van der Waals surface area contributed by atoms with Crippen LogP contribution in [0.3, 0.4) is 0 Å². The number of methoxy groups -OCH3 is 2. The molecule has 0 saturated heterocycles. The van der Waals surface area contributed by atoms with Crippen LogP contribution in [0, 0.1) is 5.82 Å². The number of halogens is 1. The van der Waals surface area contributed by atoms with Gasteiger partial charge in [0.25, 0.3) is 5.91 Å². The van der Waals surface area contributed by atoms with Crippen LogP contribution in [-0.2, 0) is 0 Å². The number of ether oxygens (including phenoxy) is 2. The van der Waals surface area contributed by atoms with Crippen LogP contribution in [-0.4, -0.2) is 34.9 Å². The Labute approximate surface area is 178 Å². The quantitative estimate of drug-likeness (QED) is 0.504. The zero-order chi connectivity index (χ0) is 21.8. The van der Waals surface area contributed by atoms with Crippen LogP contribution < -0.4 is 14.8 Å². The molecule has 0 saturated carbocycles. The Balaban J connectivity index is 1.60. The maximum Gasteiger partial charge on any atom is 0.336 e. The molecule has 8 heteroatoms. The number of carbonyl (C=O) groups is 1. The van der Waals surface area contributed by atoms with Gasteiger partial charge in [0.1, 0.15) is 11.6 Å². The van der Waals surface area contributed by atoms with Crippen LogP contribution in [0.15, 0.2) is 72.8 Å². The van der Waals surface area contributed by atoms with Gasteiger partial charge in [-0.25, -0.2) is 9.07 Å². The van der Waals surface area contributed by atoms with Gasteiger partial charge in [0.2, 0.25) is 0 Å². The van der Waals surface area contributed by atoms with Crippen molar-refractivity contribution in [3.05, 3.63) is 84.2 Å². The number of amides is 1.